The van der Waals surface area contributed by atoms with E-state index in [-0.39, 0.29) is 0 Å². The van der Waals surface area contributed by atoms with Crippen molar-refractivity contribution in [3.05, 3.63) is 30.5 Å². The van der Waals surface area contributed by atoms with Gasteiger partial charge in [0, 0.05) is 10.8 Å². The molecular weight excluding hydrogens is 204 g/mol. The number of hydrogen-bond acceptors (Lipinski definition) is 4. The van der Waals surface area contributed by atoms with Gasteiger partial charge < -0.3 is 9.26 Å². The summed E-state index contributed by atoms with van der Waals surface area (Å²) in [7, 11) is 0. The lowest BCUT2D eigenvalue weighted by Crippen LogP contribution is -1.95. The van der Waals surface area contributed by atoms with Gasteiger partial charge in [-0.2, -0.15) is 0 Å². The zero-order chi connectivity index (χ0) is 11.2. The third-order valence-electron chi connectivity index (χ3n) is 2.28. The topological polar surface area (TPSA) is 48.2 Å². The van der Waals surface area contributed by atoms with Crippen LogP contribution in [0, 0.1) is 0 Å². The summed E-state index contributed by atoms with van der Waals surface area (Å²) in [5.74, 6) is 0.883. The second kappa shape index (κ2) is 5.30. The number of benzene rings is 1. The first-order chi connectivity index (χ1) is 7.90. The number of ether oxygens (including phenoxy) is 1. The fraction of sp³-hybridized carbons (Fsp3) is 0.333. The first-order valence-electron chi connectivity index (χ1n) is 5.40. The SMILES string of the molecule is CCCCOc1ccc(-c2conn2)cc1. The average molecular weight is 218 g/mol. The molecule has 0 spiro atoms. The molecule has 0 radical (unpaired) electrons. The molecule has 4 nitrogen and oxygen atoms in total. The fourth-order valence-corrected chi connectivity index (χ4v) is 1.35. The molecule has 0 aliphatic carbocycles. The van der Waals surface area contributed by atoms with Crippen molar-refractivity contribution in [2.75, 3.05) is 6.61 Å². The molecule has 2 rings (SSSR count). The average Bonchev–Trinajstić information content (AvgIpc) is 2.84. The van der Waals surface area contributed by atoms with Crippen LogP contribution in [0.25, 0.3) is 11.3 Å². The van der Waals surface area contributed by atoms with Gasteiger partial charge in [0.1, 0.15) is 11.4 Å². The molecule has 16 heavy (non-hydrogen) atoms. The van der Waals surface area contributed by atoms with Crippen molar-refractivity contribution in [3.8, 4) is 17.0 Å². The van der Waals surface area contributed by atoms with Crippen molar-refractivity contribution in [1.29, 1.82) is 0 Å². The molecule has 0 aliphatic rings. The Balaban J connectivity index is 2.00. The van der Waals surface area contributed by atoms with Gasteiger partial charge in [-0.15, -0.1) is 5.10 Å². The van der Waals surface area contributed by atoms with Crippen LogP contribution in [0.1, 0.15) is 19.8 Å². The number of rotatable bonds is 5. The van der Waals surface area contributed by atoms with Gasteiger partial charge in [-0.25, -0.2) is 0 Å². The van der Waals surface area contributed by atoms with Gasteiger partial charge in [0.2, 0.25) is 0 Å². The summed E-state index contributed by atoms with van der Waals surface area (Å²) in [4.78, 5) is 0. The molecule has 0 bridgehead atoms. The molecular formula is C12H14N2O2. The molecule has 0 atom stereocenters. The summed E-state index contributed by atoms with van der Waals surface area (Å²) in [6, 6.07) is 7.75. The van der Waals surface area contributed by atoms with E-state index in [4.69, 9.17) is 4.74 Å². The molecule has 0 N–H and O–H groups in total. The first-order valence-corrected chi connectivity index (χ1v) is 5.40. The number of aromatic nitrogens is 2. The van der Waals surface area contributed by atoms with Crippen LogP contribution in [0.4, 0.5) is 0 Å². The largest absolute Gasteiger partial charge is 0.494 e. The van der Waals surface area contributed by atoms with E-state index in [1.54, 1.807) is 0 Å². The van der Waals surface area contributed by atoms with Crippen LogP contribution in [0.2, 0.25) is 0 Å². The second-order valence-electron chi connectivity index (χ2n) is 3.52. The summed E-state index contributed by atoms with van der Waals surface area (Å²) >= 11 is 0. The molecule has 0 saturated heterocycles. The first kappa shape index (κ1) is 10.7. The standard InChI is InChI=1S/C12H14N2O2/c1-2-3-8-15-11-6-4-10(5-7-11)12-9-16-14-13-12/h4-7,9H,2-3,8H2,1H3. The van der Waals surface area contributed by atoms with E-state index in [9.17, 15) is 0 Å². The molecule has 0 amide bonds. The Morgan fingerprint density at radius 3 is 2.69 bits per heavy atom. The molecule has 0 aliphatic heterocycles. The van der Waals surface area contributed by atoms with E-state index >= 15 is 0 Å². The van der Waals surface area contributed by atoms with Crippen LogP contribution in [-0.2, 0) is 0 Å². The van der Waals surface area contributed by atoms with E-state index in [1.807, 2.05) is 24.3 Å². The molecule has 84 valence electrons. The highest BCUT2D eigenvalue weighted by molar-refractivity contribution is 5.58. The van der Waals surface area contributed by atoms with Crippen LogP contribution >= 0.6 is 0 Å². The van der Waals surface area contributed by atoms with Gasteiger partial charge in [-0.1, -0.05) is 13.3 Å². The summed E-state index contributed by atoms with van der Waals surface area (Å²) < 4.78 is 10.2. The minimum atomic E-state index is 0.736. The number of hydrogen-bond donors (Lipinski definition) is 0. The van der Waals surface area contributed by atoms with Crippen molar-refractivity contribution in [2.45, 2.75) is 19.8 Å². The summed E-state index contributed by atoms with van der Waals surface area (Å²) in [5, 5.41) is 7.26. The van der Waals surface area contributed by atoms with Crippen LogP contribution in [-0.4, -0.2) is 17.0 Å². The Morgan fingerprint density at radius 1 is 1.25 bits per heavy atom. The Kier molecular flexibility index (Phi) is 3.53. The predicted octanol–water partition coefficient (Wildman–Crippen LogP) is 2.92. The normalized spacial score (nSPS) is 10.3. The van der Waals surface area contributed by atoms with E-state index in [0.29, 0.717) is 0 Å². The molecule has 0 saturated carbocycles. The lowest BCUT2D eigenvalue weighted by Gasteiger charge is -2.05. The highest BCUT2D eigenvalue weighted by atomic mass is 16.5. The van der Waals surface area contributed by atoms with Crippen molar-refractivity contribution in [2.24, 2.45) is 0 Å². The monoisotopic (exact) mass is 218 g/mol. The predicted molar refractivity (Wildman–Crippen MR) is 60.1 cm³/mol. The van der Waals surface area contributed by atoms with Gasteiger partial charge >= 0.3 is 0 Å². The van der Waals surface area contributed by atoms with E-state index in [1.165, 1.54) is 6.26 Å². The third kappa shape index (κ3) is 2.59. The molecule has 0 unspecified atom stereocenters. The van der Waals surface area contributed by atoms with Gasteiger partial charge in [0.25, 0.3) is 0 Å². The van der Waals surface area contributed by atoms with Gasteiger partial charge in [0.05, 0.1) is 6.61 Å². The lowest BCUT2D eigenvalue weighted by molar-refractivity contribution is 0.309. The Bertz CT molecular complexity index is 409. The number of nitrogens with zero attached hydrogens (tertiary/aromatic N) is 2. The van der Waals surface area contributed by atoms with Crippen LogP contribution in [0.15, 0.2) is 35.1 Å². The molecule has 1 aromatic carbocycles. The highest BCUT2D eigenvalue weighted by Gasteiger charge is 2.01. The molecule has 4 heteroatoms. The summed E-state index contributed by atoms with van der Waals surface area (Å²) in [6.45, 7) is 2.91. The smallest absolute Gasteiger partial charge is 0.152 e. The maximum Gasteiger partial charge on any atom is 0.152 e. The second-order valence-corrected chi connectivity index (χ2v) is 3.52. The van der Waals surface area contributed by atoms with E-state index in [2.05, 4.69) is 21.8 Å². The molecule has 1 aromatic heterocycles. The van der Waals surface area contributed by atoms with Crippen LogP contribution < -0.4 is 4.74 Å². The van der Waals surface area contributed by atoms with E-state index in [0.717, 1.165) is 36.5 Å². The molecule has 0 fully saturated rings. The van der Waals surface area contributed by atoms with Gasteiger partial charge in [-0.3, -0.25) is 0 Å². The van der Waals surface area contributed by atoms with Crippen LogP contribution in [0.3, 0.4) is 0 Å². The third-order valence-corrected chi connectivity index (χ3v) is 2.28. The van der Waals surface area contributed by atoms with Gasteiger partial charge in [0.15, 0.2) is 6.26 Å². The minimum Gasteiger partial charge on any atom is -0.494 e. The highest BCUT2D eigenvalue weighted by Crippen LogP contribution is 2.20. The van der Waals surface area contributed by atoms with Gasteiger partial charge in [-0.05, 0) is 30.7 Å². The van der Waals surface area contributed by atoms with Crippen molar-refractivity contribution >= 4 is 0 Å². The van der Waals surface area contributed by atoms with Crippen LogP contribution in [0.5, 0.6) is 5.75 Å². The maximum absolute atomic E-state index is 5.56. The van der Waals surface area contributed by atoms with Crippen molar-refractivity contribution in [1.82, 2.24) is 10.4 Å². The van der Waals surface area contributed by atoms with E-state index < -0.39 is 0 Å². The zero-order valence-corrected chi connectivity index (χ0v) is 9.22. The molecule has 1 heterocycles. The number of unbranched alkanes of at least 4 members (excludes halogenated alkanes) is 1. The quantitative estimate of drug-likeness (QED) is 0.724. The molecule has 2 aromatic rings. The van der Waals surface area contributed by atoms with Crippen molar-refractivity contribution < 1.29 is 9.26 Å². The fourth-order valence-electron chi connectivity index (χ4n) is 1.35. The zero-order valence-electron chi connectivity index (χ0n) is 9.22. The summed E-state index contributed by atoms with van der Waals surface area (Å²) in [6.07, 6.45) is 3.74. The minimum absolute atomic E-state index is 0.736. The maximum atomic E-state index is 5.56. The lowest BCUT2D eigenvalue weighted by atomic mass is 10.2. The van der Waals surface area contributed by atoms with Crippen molar-refractivity contribution in [3.63, 3.8) is 0 Å². The Morgan fingerprint density at radius 2 is 2.06 bits per heavy atom. The Hall–Kier alpha value is -1.84. The summed E-state index contributed by atoms with van der Waals surface area (Å²) in [5.41, 5.74) is 1.71. The Labute approximate surface area is 94.2 Å².